The van der Waals surface area contributed by atoms with Crippen LogP contribution in [0.5, 0.6) is 11.5 Å². The van der Waals surface area contributed by atoms with Crippen LogP contribution in [0.25, 0.3) is 0 Å². The van der Waals surface area contributed by atoms with Crippen LogP contribution in [-0.2, 0) is 14.3 Å². The smallest absolute Gasteiger partial charge is 0.308 e. The predicted octanol–water partition coefficient (Wildman–Crippen LogP) is 1.74. The molecule has 1 N–H and O–H groups in total. The summed E-state index contributed by atoms with van der Waals surface area (Å²) in [6.07, 6.45) is 0. The number of hydrogen-bond donors (Lipinski definition) is 1. The number of ether oxygens (including phenoxy) is 3. The Hall–Kier alpha value is -2.08. The lowest BCUT2D eigenvalue weighted by molar-refractivity contribution is -0.131. The van der Waals surface area contributed by atoms with Gasteiger partial charge in [0, 0.05) is 19.9 Å². The Kier molecular flexibility index (Phi) is 3.94. The van der Waals surface area contributed by atoms with E-state index in [0.29, 0.717) is 30.4 Å². The van der Waals surface area contributed by atoms with Crippen LogP contribution in [0.4, 0.5) is 5.69 Å². The molecule has 1 aromatic carbocycles. The normalized spacial score (nSPS) is 20.1. The van der Waals surface area contributed by atoms with Crippen molar-refractivity contribution >= 4 is 17.6 Å². The van der Waals surface area contributed by atoms with E-state index in [4.69, 9.17) is 14.2 Å². The highest BCUT2D eigenvalue weighted by atomic mass is 16.6. The lowest BCUT2D eigenvalue weighted by atomic mass is 10.2. The van der Waals surface area contributed by atoms with Crippen molar-refractivity contribution < 1.29 is 23.8 Å². The summed E-state index contributed by atoms with van der Waals surface area (Å²) >= 11 is 0. The molecule has 2 rings (SSSR count). The zero-order chi connectivity index (χ0) is 14.8. The average molecular weight is 279 g/mol. The van der Waals surface area contributed by atoms with Crippen LogP contribution in [0.15, 0.2) is 18.2 Å². The standard InChI is InChI=1S/C14H17NO5/c1-9(16)15-12-5-4-11(20-10(2)17)6-13(12)18-7-14(3)8-19-14/h4-6H,7-8H2,1-3H3,(H,15,16). The number of benzene rings is 1. The van der Waals surface area contributed by atoms with Gasteiger partial charge in [0.05, 0.1) is 12.3 Å². The molecule has 1 saturated heterocycles. The number of epoxide rings is 1. The molecule has 1 unspecified atom stereocenters. The molecular formula is C14H17NO5. The maximum Gasteiger partial charge on any atom is 0.308 e. The van der Waals surface area contributed by atoms with Crippen LogP contribution in [0, 0.1) is 0 Å². The minimum atomic E-state index is -0.416. The highest BCUT2D eigenvalue weighted by Gasteiger charge is 2.40. The van der Waals surface area contributed by atoms with E-state index in [1.807, 2.05) is 6.92 Å². The van der Waals surface area contributed by atoms with Crippen LogP contribution >= 0.6 is 0 Å². The van der Waals surface area contributed by atoms with Gasteiger partial charge in [-0.05, 0) is 19.1 Å². The topological polar surface area (TPSA) is 77.2 Å². The Balaban J connectivity index is 2.16. The van der Waals surface area contributed by atoms with Crippen molar-refractivity contribution in [2.75, 3.05) is 18.5 Å². The van der Waals surface area contributed by atoms with Gasteiger partial charge in [-0.15, -0.1) is 0 Å². The van der Waals surface area contributed by atoms with Gasteiger partial charge in [-0.1, -0.05) is 0 Å². The Morgan fingerprint density at radius 1 is 1.40 bits per heavy atom. The van der Waals surface area contributed by atoms with Gasteiger partial charge >= 0.3 is 5.97 Å². The van der Waals surface area contributed by atoms with E-state index in [1.54, 1.807) is 18.2 Å². The predicted molar refractivity (Wildman–Crippen MR) is 71.9 cm³/mol. The fraction of sp³-hybridized carbons (Fsp3) is 0.429. The summed E-state index contributed by atoms with van der Waals surface area (Å²) in [6, 6.07) is 4.79. The molecule has 6 heteroatoms. The van der Waals surface area contributed by atoms with Crippen LogP contribution in [-0.4, -0.2) is 30.7 Å². The number of rotatable bonds is 5. The molecule has 1 atom stereocenters. The van der Waals surface area contributed by atoms with Crippen molar-refractivity contribution in [2.24, 2.45) is 0 Å². The molecule has 1 aliphatic heterocycles. The van der Waals surface area contributed by atoms with E-state index in [2.05, 4.69) is 5.32 Å². The summed E-state index contributed by atoms with van der Waals surface area (Å²) in [4.78, 5) is 22.1. The zero-order valence-electron chi connectivity index (χ0n) is 11.7. The summed E-state index contributed by atoms with van der Waals surface area (Å²) < 4.78 is 15.9. The molecule has 0 aromatic heterocycles. The molecule has 1 fully saturated rings. The molecule has 1 amide bonds. The van der Waals surface area contributed by atoms with Crippen LogP contribution < -0.4 is 14.8 Å². The first-order valence-corrected chi connectivity index (χ1v) is 6.25. The quantitative estimate of drug-likeness (QED) is 0.504. The molecule has 0 spiro atoms. The first-order chi connectivity index (χ1) is 9.38. The lowest BCUT2D eigenvalue weighted by Gasteiger charge is -2.14. The Morgan fingerprint density at radius 2 is 2.10 bits per heavy atom. The molecule has 20 heavy (non-hydrogen) atoms. The van der Waals surface area contributed by atoms with Gasteiger partial charge in [0.1, 0.15) is 23.7 Å². The maximum absolute atomic E-state index is 11.2. The van der Waals surface area contributed by atoms with Crippen molar-refractivity contribution in [2.45, 2.75) is 26.4 Å². The summed E-state index contributed by atoms with van der Waals surface area (Å²) in [5.74, 6) is 0.184. The van der Waals surface area contributed by atoms with Gasteiger partial charge in [-0.25, -0.2) is 0 Å². The number of carbonyl (C=O) groups excluding carboxylic acids is 2. The Morgan fingerprint density at radius 3 is 2.65 bits per heavy atom. The third kappa shape index (κ3) is 3.96. The first kappa shape index (κ1) is 14.3. The highest BCUT2D eigenvalue weighted by molar-refractivity contribution is 5.90. The highest BCUT2D eigenvalue weighted by Crippen LogP contribution is 2.33. The average Bonchev–Trinajstić information content (AvgIpc) is 3.07. The van der Waals surface area contributed by atoms with Gasteiger partial charge < -0.3 is 19.5 Å². The number of carbonyl (C=O) groups is 2. The lowest BCUT2D eigenvalue weighted by Crippen LogP contribution is -2.18. The summed E-state index contributed by atoms with van der Waals surface area (Å²) in [5.41, 5.74) is 0.253. The van der Waals surface area contributed by atoms with Crippen molar-refractivity contribution in [3.8, 4) is 11.5 Å². The fourth-order valence-electron chi connectivity index (χ4n) is 1.58. The SMILES string of the molecule is CC(=O)Nc1ccc(OC(C)=O)cc1OCC1(C)CO1. The monoisotopic (exact) mass is 279 g/mol. The first-order valence-electron chi connectivity index (χ1n) is 6.25. The van der Waals surface area contributed by atoms with Crippen LogP contribution in [0.1, 0.15) is 20.8 Å². The summed E-state index contributed by atoms with van der Waals surface area (Å²) in [6.45, 7) is 5.67. The number of amides is 1. The summed E-state index contributed by atoms with van der Waals surface area (Å²) in [5, 5.41) is 2.67. The largest absolute Gasteiger partial charge is 0.488 e. The van der Waals surface area contributed by atoms with Gasteiger partial charge in [-0.3, -0.25) is 9.59 Å². The molecule has 0 saturated carbocycles. The van der Waals surface area contributed by atoms with E-state index < -0.39 is 5.97 Å². The van der Waals surface area contributed by atoms with Crippen LogP contribution in [0.2, 0.25) is 0 Å². The van der Waals surface area contributed by atoms with Gasteiger partial charge in [0.25, 0.3) is 0 Å². The number of hydrogen-bond acceptors (Lipinski definition) is 5. The fourth-order valence-corrected chi connectivity index (χ4v) is 1.58. The second kappa shape index (κ2) is 5.50. The van der Waals surface area contributed by atoms with E-state index in [9.17, 15) is 9.59 Å². The van der Waals surface area contributed by atoms with Gasteiger partial charge in [0.2, 0.25) is 5.91 Å². The minimum absolute atomic E-state index is 0.205. The number of anilines is 1. The van der Waals surface area contributed by atoms with Gasteiger partial charge in [-0.2, -0.15) is 0 Å². The zero-order valence-corrected chi connectivity index (χ0v) is 11.7. The Bertz CT molecular complexity index is 536. The second-order valence-corrected chi connectivity index (χ2v) is 4.96. The number of nitrogens with one attached hydrogen (secondary N) is 1. The van der Waals surface area contributed by atoms with Crippen molar-refractivity contribution in [3.05, 3.63) is 18.2 Å². The third-order valence-corrected chi connectivity index (χ3v) is 2.70. The van der Waals surface area contributed by atoms with Crippen molar-refractivity contribution in [3.63, 3.8) is 0 Å². The molecule has 1 aliphatic rings. The minimum Gasteiger partial charge on any atom is -0.488 e. The van der Waals surface area contributed by atoms with Crippen molar-refractivity contribution in [1.29, 1.82) is 0 Å². The number of esters is 1. The molecule has 6 nitrogen and oxygen atoms in total. The molecule has 108 valence electrons. The molecule has 0 bridgehead atoms. The van der Waals surface area contributed by atoms with Crippen molar-refractivity contribution in [1.82, 2.24) is 0 Å². The molecule has 0 radical (unpaired) electrons. The van der Waals surface area contributed by atoms with E-state index in [1.165, 1.54) is 13.8 Å². The molecule has 1 aromatic rings. The third-order valence-electron chi connectivity index (χ3n) is 2.70. The molecule has 0 aliphatic carbocycles. The maximum atomic E-state index is 11.2. The van der Waals surface area contributed by atoms with Crippen LogP contribution in [0.3, 0.4) is 0 Å². The van der Waals surface area contributed by atoms with E-state index >= 15 is 0 Å². The molecule has 1 heterocycles. The van der Waals surface area contributed by atoms with Gasteiger partial charge in [0.15, 0.2) is 0 Å². The van der Waals surface area contributed by atoms with E-state index in [0.717, 1.165) is 0 Å². The van der Waals surface area contributed by atoms with E-state index in [-0.39, 0.29) is 11.5 Å². The second-order valence-electron chi connectivity index (χ2n) is 4.96. The molecular weight excluding hydrogens is 262 g/mol. The Labute approximate surface area is 117 Å². The summed E-state index contributed by atoms with van der Waals surface area (Å²) in [7, 11) is 0.